The number of aromatic nitrogens is 3. The molecule has 0 fully saturated rings. The summed E-state index contributed by atoms with van der Waals surface area (Å²) in [4.78, 5) is 27.8. The van der Waals surface area contributed by atoms with Crippen LogP contribution in [0.5, 0.6) is 5.75 Å². The number of hydrogen-bond acceptors (Lipinski definition) is 5. The molecule has 4 rings (SSSR count). The second-order valence-electron chi connectivity index (χ2n) is 8.98. The number of ether oxygens (including phenoxy) is 1. The Labute approximate surface area is 204 Å². The molecule has 4 aromatic rings. The van der Waals surface area contributed by atoms with Crippen molar-refractivity contribution in [3.63, 3.8) is 0 Å². The quantitative estimate of drug-likeness (QED) is 0.404. The van der Waals surface area contributed by atoms with Gasteiger partial charge >= 0.3 is 0 Å². The zero-order chi connectivity index (χ0) is 24.9. The lowest BCUT2D eigenvalue weighted by molar-refractivity contribution is 0.0930. The molecule has 182 valence electrons. The van der Waals surface area contributed by atoms with Crippen molar-refractivity contribution in [2.24, 2.45) is 14.1 Å². The molecule has 0 saturated heterocycles. The van der Waals surface area contributed by atoms with Gasteiger partial charge < -0.3 is 14.6 Å². The molecule has 35 heavy (non-hydrogen) atoms. The molecule has 0 aliphatic rings. The van der Waals surface area contributed by atoms with Gasteiger partial charge in [-0.2, -0.15) is 5.10 Å². The Hall–Kier alpha value is -3.91. The first-order chi connectivity index (χ1) is 16.8. The third-order valence-corrected chi connectivity index (χ3v) is 5.79. The number of nitrogens with zero attached hydrogens (tertiary/aromatic N) is 4. The molecule has 1 unspecified atom stereocenters. The van der Waals surface area contributed by atoms with Gasteiger partial charge in [0.2, 0.25) is 5.43 Å². The van der Waals surface area contributed by atoms with Crippen LogP contribution in [0, 0.1) is 0 Å². The molecule has 8 nitrogen and oxygen atoms in total. The zero-order valence-corrected chi connectivity index (χ0v) is 20.6. The van der Waals surface area contributed by atoms with E-state index in [9.17, 15) is 9.59 Å². The van der Waals surface area contributed by atoms with Crippen molar-refractivity contribution in [3.8, 4) is 5.75 Å². The molecule has 1 N–H and O–H groups in total. The monoisotopic (exact) mass is 473 g/mol. The summed E-state index contributed by atoms with van der Waals surface area (Å²) in [6.45, 7) is 3.73. The average molecular weight is 474 g/mol. The van der Waals surface area contributed by atoms with Crippen LogP contribution in [0.3, 0.4) is 0 Å². The van der Waals surface area contributed by atoms with E-state index in [-0.39, 0.29) is 23.6 Å². The van der Waals surface area contributed by atoms with E-state index < -0.39 is 5.91 Å². The number of carbonyl (C=O) groups is 1. The minimum Gasteiger partial charge on any atom is -0.489 e. The molecular weight excluding hydrogens is 442 g/mol. The number of fused-ring (bicyclic) bond motifs is 1. The van der Waals surface area contributed by atoms with Gasteiger partial charge in [-0.3, -0.25) is 19.2 Å². The van der Waals surface area contributed by atoms with Crippen LogP contribution >= 0.6 is 0 Å². The lowest BCUT2D eigenvalue weighted by Crippen LogP contribution is -2.36. The van der Waals surface area contributed by atoms with Crippen molar-refractivity contribution in [1.82, 2.24) is 24.6 Å². The van der Waals surface area contributed by atoms with Crippen molar-refractivity contribution >= 4 is 16.8 Å². The Bertz CT molecular complexity index is 1390. The van der Waals surface area contributed by atoms with Gasteiger partial charge in [0.15, 0.2) is 0 Å². The highest BCUT2D eigenvalue weighted by molar-refractivity contribution is 5.97. The first kappa shape index (κ1) is 24.2. The molecule has 1 amide bonds. The number of benzene rings is 2. The van der Waals surface area contributed by atoms with Gasteiger partial charge in [0.05, 0.1) is 18.3 Å². The predicted molar refractivity (Wildman–Crippen MR) is 136 cm³/mol. The van der Waals surface area contributed by atoms with E-state index in [0.29, 0.717) is 5.39 Å². The Morgan fingerprint density at radius 2 is 1.86 bits per heavy atom. The number of pyridine rings is 1. The minimum absolute atomic E-state index is 0.122. The Kier molecular flexibility index (Phi) is 7.31. The average Bonchev–Trinajstić information content (AvgIpc) is 3.24. The molecule has 0 spiro atoms. The summed E-state index contributed by atoms with van der Waals surface area (Å²) >= 11 is 0. The Morgan fingerprint density at radius 3 is 2.63 bits per heavy atom. The molecule has 0 aliphatic carbocycles. The van der Waals surface area contributed by atoms with Crippen molar-refractivity contribution in [3.05, 3.63) is 94.0 Å². The highest BCUT2D eigenvalue weighted by Gasteiger charge is 2.15. The molecule has 0 bridgehead atoms. The lowest BCUT2D eigenvalue weighted by atomic mass is 10.1. The molecule has 1 atom stereocenters. The van der Waals surface area contributed by atoms with Crippen molar-refractivity contribution in [2.75, 3.05) is 13.6 Å². The maximum Gasteiger partial charge on any atom is 0.256 e. The van der Waals surface area contributed by atoms with Crippen molar-refractivity contribution in [1.29, 1.82) is 0 Å². The van der Waals surface area contributed by atoms with Crippen LogP contribution in [-0.4, -0.2) is 44.9 Å². The van der Waals surface area contributed by atoms with Crippen LogP contribution in [0.1, 0.15) is 28.4 Å². The lowest BCUT2D eigenvalue weighted by Gasteiger charge is -2.18. The fraction of sp³-hybridized carbons (Fsp3) is 0.296. The number of aryl methyl sites for hydroxylation is 2. The maximum atomic E-state index is 12.8. The first-order valence-electron chi connectivity index (χ1n) is 11.6. The van der Waals surface area contributed by atoms with Crippen molar-refractivity contribution < 1.29 is 9.53 Å². The number of rotatable bonds is 9. The highest BCUT2D eigenvalue weighted by atomic mass is 16.5. The van der Waals surface area contributed by atoms with E-state index in [2.05, 4.69) is 28.4 Å². The van der Waals surface area contributed by atoms with Crippen LogP contribution in [0.4, 0.5) is 0 Å². The second-order valence-corrected chi connectivity index (χ2v) is 8.98. The molecule has 2 heterocycles. The second kappa shape index (κ2) is 10.6. The topological polar surface area (TPSA) is 81.4 Å². The maximum absolute atomic E-state index is 12.8. The van der Waals surface area contributed by atoms with Gasteiger partial charge in [-0.05, 0) is 43.8 Å². The SMILES string of the molecule is CC(CNC(=O)c1cn(C)c2ccccc2c1=O)Oc1cccc(CN(C)Cc2cnn(C)c2)c1. The van der Waals surface area contributed by atoms with Gasteiger partial charge in [-0.25, -0.2) is 0 Å². The van der Waals surface area contributed by atoms with E-state index in [1.165, 1.54) is 0 Å². The van der Waals surface area contributed by atoms with E-state index >= 15 is 0 Å². The molecular formula is C27H31N5O3. The van der Waals surface area contributed by atoms with E-state index in [4.69, 9.17) is 4.74 Å². The van der Waals surface area contributed by atoms with Crippen LogP contribution in [0.25, 0.3) is 10.9 Å². The molecule has 0 radical (unpaired) electrons. The summed E-state index contributed by atoms with van der Waals surface area (Å²) in [5, 5.41) is 7.58. The van der Waals surface area contributed by atoms with E-state index in [1.54, 1.807) is 27.6 Å². The molecule has 2 aromatic heterocycles. The summed E-state index contributed by atoms with van der Waals surface area (Å²) in [6, 6.07) is 15.2. The van der Waals surface area contributed by atoms with E-state index in [1.807, 2.05) is 63.7 Å². The molecule has 0 saturated carbocycles. The highest BCUT2D eigenvalue weighted by Crippen LogP contribution is 2.17. The number of hydrogen-bond donors (Lipinski definition) is 1. The van der Waals surface area contributed by atoms with Gasteiger partial charge in [0, 0.05) is 50.5 Å². The van der Waals surface area contributed by atoms with Crippen LogP contribution in [0.15, 0.2) is 71.9 Å². The molecule has 0 aliphatic heterocycles. The fourth-order valence-electron chi connectivity index (χ4n) is 4.16. The molecule has 8 heteroatoms. The summed E-state index contributed by atoms with van der Waals surface area (Å²) in [5.41, 5.74) is 2.93. The smallest absolute Gasteiger partial charge is 0.256 e. The summed E-state index contributed by atoms with van der Waals surface area (Å²) in [6.07, 6.45) is 5.20. The fourth-order valence-corrected chi connectivity index (χ4v) is 4.16. The van der Waals surface area contributed by atoms with Gasteiger partial charge in [-0.15, -0.1) is 0 Å². The minimum atomic E-state index is -0.405. The van der Waals surface area contributed by atoms with E-state index in [0.717, 1.165) is 35.5 Å². The normalized spacial score (nSPS) is 12.1. The number of amides is 1. The van der Waals surface area contributed by atoms with Crippen LogP contribution in [-0.2, 0) is 27.2 Å². The third-order valence-electron chi connectivity index (χ3n) is 5.79. The predicted octanol–water partition coefficient (Wildman–Crippen LogP) is 3.10. The standard InChI is InChI=1S/C27H31N5O3/c1-19(13-28-27(34)24-18-31(3)25-11-6-5-10-23(25)26(24)33)35-22-9-7-8-20(12-22)15-30(2)16-21-14-29-32(4)17-21/h5-12,14,17-19H,13,15-16H2,1-4H3,(H,28,34). The largest absolute Gasteiger partial charge is 0.489 e. The van der Waals surface area contributed by atoms with Gasteiger partial charge in [-0.1, -0.05) is 24.3 Å². The zero-order valence-electron chi connectivity index (χ0n) is 20.6. The Morgan fingerprint density at radius 1 is 1.09 bits per heavy atom. The summed E-state index contributed by atoms with van der Waals surface area (Å²) < 4.78 is 9.63. The van der Waals surface area contributed by atoms with Crippen LogP contribution < -0.4 is 15.5 Å². The summed E-state index contributed by atoms with van der Waals surface area (Å²) in [5.74, 6) is 0.332. The number of nitrogens with one attached hydrogen (secondary N) is 1. The van der Waals surface area contributed by atoms with Gasteiger partial charge in [0.1, 0.15) is 17.4 Å². The number of carbonyl (C=O) groups excluding carboxylic acids is 1. The van der Waals surface area contributed by atoms with Crippen molar-refractivity contribution in [2.45, 2.75) is 26.1 Å². The molecule has 2 aromatic carbocycles. The van der Waals surface area contributed by atoms with Gasteiger partial charge in [0.25, 0.3) is 5.91 Å². The van der Waals surface area contributed by atoms with Crippen LogP contribution in [0.2, 0.25) is 0 Å². The third kappa shape index (κ3) is 5.96. The number of para-hydroxylation sites is 1. The first-order valence-corrected chi connectivity index (χ1v) is 11.6. The summed E-state index contributed by atoms with van der Waals surface area (Å²) in [7, 11) is 5.80. The Balaban J connectivity index is 1.34.